The summed E-state index contributed by atoms with van der Waals surface area (Å²) in [7, 11) is 1.61. The lowest BCUT2D eigenvalue weighted by Crippen LogP contribution is -2.27. The summed E-state index contributed by atoms with van der Waals surface area (Å²) in [4.78, 5) is 25.6. The van der Waals surface area contributed by atoms with E-state index in [1.165, 1.54) is 6.08 Å². The number of carbonyl (C=O) groups excluding carboxylic acids is 2. The molecular weight excluding hydrogens is 340 g/mol. The van der Waals surface area contributed by atoms with Crippen LogP contribution in [0, 0.1) is 6.92 Å². The summed E-state index contributed by atoms with van der Waals surface area (Å²) in [6, 6.07) is 13.3. The molecule has 2 rings (SSSR count). The van der Waals surface area contributed by atoms with Crippen LogP contribution in [-0.2, 0) is 16.1 Å². The summed E-state index contributed by atoms with van der Waals surface area (Å²) in [5.74, 6) is 0.520. The summed E-state index contributed by atoms with van der Waals surface area (Å²) < 4.78 is 5.32. The zero-order chi connectivity index (χ0) is 19.8. The number of ether oxygens (including phenoxy) is 1. The van der Waals surface area contributed by atoms with Gasteiger partial charge >= 0.3 is 0 Å². The third-order valence-corrected chi connectivity index (χ3v) is 4.19. The topological polar surface area (TPSA) is 58.6 Å². The highest BCUT2D eigenvalue weighted by atomic mass is 16.5. The number of methoxy groups -OCH3 is 1. The van der Waals surface area contributed by atoms with Gasteiger partial charge in [-0.05, 0) is 49.8 Å². The van der Waals surface area contributed by atoms with Gasteiger partial charge in [-0.3, -0.25) is 9.59 Å². The molecule has 0 radical (unpaired) electrons. The van der Waals surface area contributed by atoms with Crippen molar-refractivity contribution in [3.8, 4) is 5.75 Å². The van der Waals surface area contributed by atoms with Gasteiger partial charge in [-0.2, -0.15) is 0 Å². The molecule has 142 valence electrons. The molecule has 2 aromatic carbocycles. The van der Waals surface area contributed by atoms with E-state index in [4.69, 9.17) is 4.74 Å². The Balaban J connectivity index is 2.07. The minimum Gasteiger partial charge on any atom is -0.496 e. The lowest BCUT2D eigenvalue weighted by atomic mass is 10.1. The molecule has 2 amide bonds. The van der Waals surface area contributed by atoms with E-state index in [2.05, 4.69) is 5.32 Å². The largest absolute Gasteiger partial charge is 0.496 e. The third-order valence-electron chi connectivity index (χ3n) is 4.19. The first-order chi connectivity index (χ1) is 12.9. The Bertz CT molecular complexity index is 843. The monoisotopic (exact) mass is 366 g/mol. The number of aryl methyl sites for hydroxylation is 1. The maximum atomic E-state index is 12.3. The smallest absolute Gasteiger partial charge is 0.248 e. The molecule has 0 atom stereocenters. The van der Waals surface area contributed by atoms with Crippen LogP contribution in [0.3, 0.4) is 0 Å². The number of hydrogen-bond donors (Lipinski definition) is 1. The average Bonchev–Trinajstić information content (AvgIpc) is 2.64. The molecule has 5 heteroatoms. The lowest BCUT2D eigenvalue weighted by molar-refractivity contribution is -0.129. The van der Waals surface area contributed by atoms with Crippen molar-refractivity contribution in [2.75, 3.05) is 19.0 Å². The van der Waals surface area contributed by atoms with Gasteiger partial charge in [0, 0.05) is 37.3 Å². The normalized spacial score (nSPS) is 10.7. The van der Waals surface area contributed by atoms with Gasteiger partial charge < -0.3 is 15.0 Å². The van der Waals surface area contributed by atoms with Crippen molar-refractivity contribution >= 4 is 23.6 Å². The Kier molecular flexibility index (Phi) is 7.17. The summed E-state index contributed by atoms with van der Waals surface area (Å²) >= 11 is 0. The fourth-order valence-electron chi connectivity index (χ4n) is 2.75. The van der Waals surface area contributed by atoms with Crippen LogP contribution in [0.2, 0.25) is 0 Å². The van der Waals surface area contributed by atoms with Crippen molar-refractivity contribution in [2.24, 2.45) is 0 Å². The molecule has 0 aliphatic heterocycles. The average molecular weight is 366 g/mol. The van der Waals surface area contributed by atoms with E-state index < -0.39 is 0 Å². The second-order valence-corrected chi connectivity index (χ2v) is 6.30. The molecule has 0 saturated heterocycles. The van der Waals surface area contributed by atoms with Crippen molar-refractivity contribution in [2.45, 2.75) is 27.3 Å². The van der Waals surface area contributed by atoms with Gasteiger partial charge in [0.1, 0.15) is 5.75 Å². The molecule has 0 fully saturated rings. The van der Waals surface area contributed by atoms with Gasteiger partial charge in [-0.25, -0.2) is 0 Å². The molecule has 2 aromatic rings. The highest BCUT2D eigenvalue weighted by Gasteiger charge is 2.08. The SMILES string of the molecule is CCN(Cc1cccc(NC(=O)/C=C/c2cc(C)ccc2OC)c1)C(C)=O. The zero-order valence-corrected chi connectivity index (χ0v) is 16.3. The van der Waals surface area contributed by atoms with Gasteiger partial charge in [-0.15, -0.1) is 0 Å². The Morgan fingerprint density at radius 1 is 1.19 bits per heavy atom. The molecule has 0 saturated carbocycles. The minimum absolute atomic E-state index is 0.0296. The first kappa shape index (κ1) is 20.2. The lowest BCUT2D eigenvalue weighted by Gasteiger charge is -2.19. The van der Waals surface area contributed by atoms with Crippen molar-refractivity contribution in [1.82, 2.24) is 4.90 Å². The Hall–Kier alpha value is -3.08. The van der Waals surface area contributed by atoms with Crippen LogP contribution >= 0.6 is 0 Å². The third kappa shape index (κ3) is 5.99. The zero-order valence-electron chi connectivity index (χ0n) is 16.3. The quantitative estimate of drug-likeness (QED) is 0.753. The number of amides is 2. The predicted octanol–water partition coefficient (Wildman–Crippen LogP) is 4.02. The molecule has 0 aromatic heterocycles. The molecule has 0 heterocycles. The van der Waals surface area contributed by atoms with E-state index in [0.29, 0.717) is 18.8 Å². The standard InChI is InChI=1S/C22H26N2O3/c1-5-24(17(3)25)15-18-7-6-8-20(14-18)23-22(26)12-10-19-13-16(2)9-11-21(19)27-4/h6-14H,5,15H2,1-4H3,(H,23,26)/b12-10+. The number of nitrogens with one attached hydrogen (secondary N) is 1. The number of hydrogen-bond acceptors (Lipinski definition) is 3. The number of anilines is 1. The van der Waals surface area contributed by atoms with Crippen molar-refractivity contribution in [1.29, 1.82) is 0 Å². The van der Waals surface area contributed by atoms with Gasteiger partial charge in [0.15, 0.2) is 0 Å². The molecule has 0 spiro atoms. The first-order valence-corrected chi connectivity index (χ1v) is 8.91. The van der Waals surface area contributed by atoms with Crippen molar-refractivity contribution in [3.05, 3.63) is 65.2 Å². The highest BCUT2D eigenvalue weighted by molar-refractivity contribution is 6.02. The van der Waals surface area contributed by atoms with E-state index in [9.17, 15) is 9.59 Å². The maximum Gasteiger partial charge on any atom is 0.248 e. The van der Waals surface area contributed by atoms with Crippen LogP contribution in [0.15, 0.2) is 48.5 Å². The van der Waals surface area contributed by atoms with Crippen LogP contribution in [0.25, 0.3) is 6.08 Å². The summed E-state index contributed by atoms with van der Waals surface area (Å²) in [5.41, 5.74) is 3.60. The van der Waals surface area contributed by atoms with E-state index in [-0.39, 0.29) is 11.8 Å². The Morgan fingerprint density at radius 2 is 1.96 bits per heavy atom. The second-order valence-electron chi connectivity index (χ2n) is 6.30. The minimum atomic E-state index is -0.227. The maximum absolute atomic E-state index is 12.3. The van der Waals surface area contributed by atoms with E-state index in [1.807, 2.05) is 56.3 Å². The summed E-state index contributed by atoms with van der Waals surface area (Å²) in [5, 5.41) is 2.86. The number of rotatable bonds is 7. The Morgan fingerprint density at radius 3 is 2.63 bits per heavy atom. The van der Waals surface area contributed by atoms with Crippen LogP contribution in [-0.4, -0.2) is 30.4 Å². The van der Waals surface area contributed by atoms with Crippen LogP contribution in [0.4, 0.5) is 5.69 Å². The summed E-state index contributed by atoms with van der Waals surface area (Å²) in [6.45, 7) is 6.65. The summed E-state index contributed by atoms with van der Waals surface area (Å²) in [6.07, 6.45) is 3.22. The van der Waals surface area contributed by atoms with E-state index in [0.717, 1.165) is 22.4 Å². The van der Waals surface area contributed by atoms with E-state index >= 15 is 0 Å². The fraction of sp³-hybridized carbons (Fsp3) is 0.273. The molecule has 0 aliphatic carbocycles. The Labute approximate surface area is 160 Å². The van der Waals surface area contributed by atoms with Crippen molar-refractivity contribution < 1.29 is 14.3 Å². The fourth-order valence-corrected chi connectivity index (χ4v) is 2.75. The van der Waals surface area contributed by atoms with Gasteiger partial charge in [-0.1, -0.05) is 23.8 Å². The van der Waals surface area contributed by atoms with E-state index in [1.54, 1.807) is 25.0 Å². The van der Waals surface area contributed by atoms with Gasteiger partial charge in [0.05, 0.1) is 7.11 Å². The molecular formula is C22H26N2O3. The first-order valence-electron chi connectivity index (χ1n) is 8.91. The number of carbonyl (C=O) groups is 2. The second kappa shape index (κ2) is 9.57. The number of nitrogens with zero attached hydrogens (tertiary/aromatic N) is 1. The van der Waals surface area contributed by atoms with Gasteiger partial charge in [0.2, 0.25) is 11.8 Å². The van der Waals surface area contributed by atoms with Gasteiger partial charge in [0.25, 0.3) is 0 Å². The molecule has 0 bridgehead atoms. The molecule has 27 heavy (non-hydrogen) atoms. The highest BCUT2D eigenvalue weighted by Crippen LogP contribution is 2.21. The number of benzene rings is 2. The predicted molar refractivity (Wildman–Crippen MR) is 109 cm³/mol. The van der Waals surface area contributed by atoms with Crippen molar-refractivity contribution in [3.63, 3.8) is 0 Å². The van der Waals surface area contributed by atoms with Crippen LogP contribution in [0.1, 0.15) is 30.5 Å². The molecule has 5 nitrogen and oxygen atoms in total. The van der Waals surface area contributed by atoms with Crippen LogP contribution < -0.4 is 10.1 Å². The molecule has 0 unspecified atom stereocenters. The molecule has 1 N–H and O–H groups in total. The molecule has 0 aliphatic rings. The van der Waals surface area contributed by atoms with Crippen LogP contribution in [0.5, 0.6) is 5.75 Å².